The molecule has 5 atom stereocenters. The van der Waals surface area contributed by atoms with Crippen LogP contribution in [0.2, 0.25) is 5.02 Å². The molecule has 0 unspecified atom stereocenters. The van der Waals surface area contributed by atoms with Gasteiger partial charge in [0.05, 0.1) is 24.4 Å². The maximum Gasteiger partial charge on any atom is 0.410 e. The van der Waals surface area contributed by atoms with E-state index in [1.807, 2.05) is 34.7 Å². The summed E-state index contributed by atoms with van der Waals surface area (Å²) in [5.74, 6) is -1.79. The molecule has 15 heteroatoms. The van der Waals surface area contributed by atoms with Gasteiger partial charge in [-0.05, 0) is 55.2 Å². The summed E-state index contributed by atoms with van der Waals surface area (Å²) in [6, 6.07) is 3.63. The highest BCUT2D eigenvalue weighted by Gasteiger charge is 2.62. The lowest BCUT2D eigenvalue weighted by atomic mass is 9.83. The van der Waals surface area contributed by atoms with E-state index in [2.05, 4.69) is 10.0 Å². The van der Waals surface area contributed by atoms with Gasteiger partial charge in [0.15, 0.2) is 0 Å². The molecule has 4 N–H and O–H groups in total. The Hall–Kier alpha value is -2.17. The number of nitrogens with one attached hydrogen (secondary N) is 2. The number of fused-ring (bicyclic) bond motifs is 1. The van der Waals surface area contributed by atoms with Crippen LogP contribution in [0.3, 0.4) is 0 Å². The summed E-state index contributed by atoms with van der Waals surface area (Å²) in [6.07, 6.45) is 4.60. The lowest BCUT2D eigenvalue weighted by Crippen LogP contribution is -2.58. The van der Waals surface area contributed by atoms with E-state index in [0.29, 0.717) is 24.4 Å². The summed E-state index contributed by atoms with van der Waals surface area (Å²) in [5.41, 5.74) is 6.85. The van der Waals surface area contributed by atoms with Crippen molar-refractivity contribution in [2.45, 2.75) is 104 Å². The summed E-state index contributed by atoms with van der Waals surface area (Å²) in [6.45, 7) is 0.602. The number of rotatable bonds is 8. The van der Waals surface area contributed by atoms with E-state index in [4.69, 9.17) is 22.1 Å². The average molecular weight is 762 g/mol. The third kappa shape index (κ3) is 6.27. The second kappa shape index (κ2) is 12.2. The molecule has 240 valence electrons. The first-order valence-corrected chi connectivity index (χ1v) is 18.4. The van der Waals surface area contributed by atoms with Crippen LogP contribution in [0.4, 0.5) is 4.79 Å². The molecule has 2 heterocycles. The van der Waals surface area contributed by atoms with Crippen molar-refractivity contribution in [3.8, 4) is 0 Å². The van der Waals surface area contributed by atoms with Gasteiger partial charge in [0.2, 0.25) is 21.8 Å². The first-order chi connectivity index (χ1) is 20.9. The van der Waals surface area contributed by atoms with Crippen LogP contribution in [-0.4, -0.2) is 81.5 Å². The molecule has 44 heavy (non-hydrogen) atoms. The molecular weight excluding hydrogens is 725 g/mol. The van der Waals surface area contributed by atoms with Crippen LogP contribution < -0.4 is 15.8 Å². The quantitative estimate of drug-likeness (QED) is 0.268. The van der Waals surface area contributed by atoms with E-state index in [-0.39, 0.29) is 35.8 Å². The SMILES string of the molecule is N[C@H](C(=O)N1C[C@H](OC(=O)N2Cc3cccc(Cl)c3C2)C[C@H]1C(=O)N[C@]1(C(=O)NS(=O)(=O)C2CC2)C[C@H]1I)C1CCCCC1. The smallest absolute Gasteiger partial charge is 0.410 e. The number of alkyl halides is 1. The molecule has 6 rings (SSSR count). The summed E-state index contributed by atoms with van der Waals surface area (Å²) in [7, 11) is -3.81. The zero-order chi connectivity index (χ0) is 31.4. The summed E-state index contributed by atoms with van der Waals surface area (Å²) >= 11 is 8.33. The Morgan fingerprint density at radius 1 is 1.09 bits per heavy atom. The average Bonchev–Trinajstić information content (AvgIpc) is 3.86. The summed E-state index contributed by atoms with van der Waals surface area (Å²) in [5, 5.41) is 2.74. The van der Waals surface area contributed by atoms with Gasteiger partial charge in [0.1, 0.15) is 17.7 Å². The Balaban J connectivity index is 1.17. The standard InChI is InChI=1S/C29H37ClIN5O7S/c30-21-8-4-7-17-13-35(15-20(17)21)28(40)43-18-11-22(36(14-18)26(38)24(32)16-5-2-1-3-6-16)25(37)33-29(12-23(29)31)27(39)34-44(41,42)19-9-10-19/h4,7-8,16,18-19,22-24H,1-3,5-6,9-15,32H2,(H,33,37)(H,34,39)/t18-,22+,23-,24+,29-/m1/s1. The Kier molecular flexibility index (Phi) is 8.83. The van der Waals surface area contributed by atoms with Gasteiger partial charge in [-0.3, -0.25) is 24.0 Å². The highest BCUT2D eigenvalue weighted by molar-refractivity contribution is 14.1. The molecule has 0 bridgehead atoms. The Morgan fingerprint density at radius 2 is 1.80 bits per heavy atom. The third-order valence-corrected chi connectivity index (χ3v) is 13.2. The van der Waals surface area contributed by atoms with E-state index in [1.165, 1.54) is 9.80 Å². The van der Waals surface area contributed by atoms with Crippen molar-refractivity contribution in [1.82, 2.24) is 19.8 Å². The fourth-order valence-corrected chi connectivity index (χ4v) is 9.37. The molecule has 0 aromatic heterocycles. The second-order valence-electron chi connectivity index (χ2n) is 12.7. The molecule has 4 fully saturated rings. The molecule has 4 amide bonds. The van der Waals surface area contributed by atoms with Crippen LogP contribution in [0.25, 0.3) is 0 Å². The van der Waals surface area contributed by atoms with Crippen molar-refractivity contribution >= 4 is 68.0 Å². The first kappa shape index (κ1) is 31.8. The van der Waals surface area contributed by atoms with Crippen LogP contribution in [0.5, 0.6) is 0 Å². The van der Waals surface area contributed by atoms with E-state index >= 15 is 0 Å². The van der Waals surface area contributed by atoms with Crippen molar-refractivity contribution in [2.75, 3.05) is 6.54 Å². The molecule has 1 aromatic carbocycles. The Labute approximate surface area is 275 Å². The number of sulfonamides is 1. The zero-order valence-corrected chi connectivity index (χ0v) is 27.9. The van der Waals surface area contributed by atoms with Crippen LogP contribution in [0.15, 0.2) is 18.2 Å². The van der Waals surface area contributed by atoms with Crippen molar-refractivity contribution in [2.24, 2.45) is 11.7 Å². The molecule has 2 aliphatic heterocycles. The Morgan fingerprint density at radius 3 is 2.43 bits per heavy atom. The van der Waals surface area contributed by atoms with Gasteiger partial charge < -0.3 is 20.7 Å². The number of ether oxygens (including phenoxy) is 1. The molecular formula is C29H37ClIN5O7S. The number of hydrogen-bond acceptors (Lipinski definition) is 8. The number of likely N-dealkylation sites (tertiary alicyclic amines) is 1. The highest BCUT2D eigenvalue weighted by atomic mass is 127. The lowest BCUT2D eigenvalue weighted by molar-refractivity contribution is -0.141. The minimum Gasteiger partial charge on any atom is -0.444 e. The normalized spacial score (nSPS) is 29.1. The van der Waals surface area contributed by atoms with Gasteiger partial charge in [-0.15, -0.1) is 0 Å². The molecule has 3 saturated carbocycles. The van der Waals surface area contributed by atoms with E-state index < -0.39 is 62.8 Å². The topological polar surface area (TPSA) is 168 Å². The van der Waals surface area contributed by atoms with Crippen LogP contribution in [0, 0.1) is 5.92 Å². The van der Waals surface area contributed by atoms with Crippen molar-refractivity contribution in [3.05, 3.63) is 34.3 Å². The molecule has 12 nitrogen and oxygen atoms in total. The van der Waals surface area contributed by atoms with Gasteiger partial charge in [-0.25, -0.2) is 13.2 Å². The van der Waals surface area contributed by atoms with E-state index in [1.54, 1.807) is 6.07 Å². The van der Waals surface area contributed by atoms with Crippen molar-refractivity contribution < 1.29 is 32.3 Å². The number of halogens is 2. The van der Waals surface area contributed by atoms with Gasteiger partial charge in [0, 0.05) is 21.9 Å². The predicted molar refractivity (Wildman–Crippen MR) is 169 cm³/mol. The van der Waals surface area contributed by atoms with Gasteiger partial charge in [-0.2, -0.15) is 0 Å². The highest BCUT2D eigenvalue weighted by Crippen LogP contribution is 2.44. The molecule has 1 aromatic rings. The van der Waals surface area contributed by atoms with E-state index in [9.17, 15) is 27.6 Å². The largest absolute Gasteiger partial charge is 0.444 e. The minimum atomic E-state index is -3.81. The van der Waals surface area contributed by atoms with Crippen molar-refractivity contribution in [1.29, 1.82) is 0 Å². The molecule has 0 radical (unpaired) electrons. The van der Waals surface area contributed by atoms with Crippen LogP contribution >= 0.6 is 34.2 Å². The zero-order valence-electron chi connectivity index (χ0n) is 24.2. The maximum absolute atomic E-state index is 13.8. The Bertz CT molecular complexity index is 1470. The minimum absolute atomic E-state index is 0.0127. The number of benzene rings is 1. The molecule has 0 spiro atoms. The summed E-state index contributed by atoms with van der Waals surface area (Å²) < 4.78 is 32.6. The van der Waals surface area contributed by atoms with Gasteiger partial charge in [0.25, 0.3) is 5.91 Å². The fourth-order valence-electron chi connectivity index (χ4n) is 6.62. The number of carbonyl (C=O) groups excluding carboxylic acids is 4. The van der Waals surface area contributed by atoms with E-state index in [0.717, 1.165) is 43.2 Å². The number of nitrogens with zero attached hydrogens (tertiary/aromatic N) is 2. The summed E-state index contributed by atoms with van der Waals surface area (Å²) in [4.78, 5) is 56.8. The predicted octanol–water partition coefficient (Wildman–Crippen LogP) is 2.34. The second-order valence-corrected chi connectivity index (χ2v) is 16.6. The van der Waals surface area contributed by atoms with Crippen LogP contribution in [-0.2, 0) is 42.2 Å². The van der Waals surface area contributed by atoms with Gasteiger partial charge >= 0.3 is 6.09 Å². The maximum atomic E-state index is 13.8. The molecule has 1 saturated heterocycles. The molecule has 5 aliphatic rings. The number of nitrogens with two attached hydrogens (primary N) is 1. The van der Waals surface area contributed by atoms with Crippen LogP contribution in [0.1, 0.15) is 68.9 Å². The fraction of sp³-hybridized carbons (Fsp3) is 0.655. The van der Waals surface area contributed by atoms with Crippen molar-refractivity contribution in [3.63, 3.8) is 0 Å². The third-order valence-electron chi connectivity index (χ3n) is 9.57. The number of carbonyl (C=O) groups is 4. The molecule has 3 aliphatic carbocycles. The number of amides is 4. The number of hydrogen-bond donors (Lipinski definition) is 3. The van der Waals surface area contributed by atoms with Gasteiger partial charge in [-0.1, -0.05) is 65.6 Å². The first-order valence-electron chi connectivity index (χ1n) is 15.2. The lowest BCUT2D eigenvalue weighted by Gasteiger charge is -2.32. The monoisotopic (exact) mass is 761 g/mol.